The molecule has 1 aliphatic rings. The van der Waals surface area contributed by atoms with Gasteiger partial charge in [0, 0.05) is 32.2 Å². The van der Waals surface area contributed by atoms with Crippen LogP contribution < -0.4 is 4.74 Å². The fraction of sp³-hybridized carbons (Fsp3) is 0.562. The number of carbonyl (C=O) groups is 1. The lowest BCUT2D eigenvalue weighted by atomic mass is 10.1. The van der Waals surface area contributed by atoms with Gasteiger partial charge in [-0.2, -0.15) is 0 Å². The maximum absolute atomic E-state index is 13.1. The van der Waals surface area contributed by atoms with Crippen LogP contribution in [0.25, 0.3) is 0 Å². The second kappa shape index (κ2) is 7.41. The third-order valence-electron chi connectivity index (χ3n) is 3.78. The van der Waals surface area contributed by atoms with E-state index in [9.17, 15) is 9.18 Å². The standard InChI is InChI=1S/C16H22FNO3/c1-12-3-4-14(17)11-15(12)21-10-9-20-8-6-13-5-7-18(2)16(13)19/h3-4,11,13H,5-10H2,1-2H3. The Kier molecular flexibility index (Phi) is 5.56. The maximum Gasteiger partial charge on any atom is 0.225 e. The van der Waals surface area contributed by atoms with E-state index >= 15 is 0 Å². The van der Waals surface area contributed by atoms with Crippen molar-refractivity contribution in [2.24, 2.45) is 5.92 Å². The predicted molar refractivity (Wildman–Crippen MR) is 77.8 cm³/mol. The lowest BCUT2D eigenvalue weighted by Crippen LogP contribution is -2.23. The van der Waals surface area contributed by atoms with E-state index in [0.29, 0.717) is 25.6 Å². The topological polar surface area (TPSA) is 38.8 Å². The summed E-state index contributed by atoms with van der Waals surface area (Å²) < 4.78 is 24.0. The number of carbonyl (C=O) groups excluding carboxylic acids is 1. The van der Waals surface area contributed by atoms with Crippen LogP contribution in [0, 0.1) is 18.7 Å². The molecule has 5 heteroatoms. The maximum atomic E-state index is 13.1. The number of halogens is 1. The Morgan fingerprint density at radius 1 is 1.33 bits per heavy atom. The van der Waals surface area contributed by atoms with E-state index in [0.717, 1.165) is 24.9 Å². The highest BCUT2D eigenvalue weighted by Crippen LogP contribution is 2.20. The quantitative estimate of drug-likeness (QED) is 0.725. The normalized spacial score (nSPS) is 18.3. The minimum atomic E-state index is -0.305. The molecule has 2 rings (SSSR count). The highest BCUT2D eigenvalue weighted by atomic mass is 19.1. The molecule has 1 amide bonds. The lowest BCUT2D eigenvalue weighted by Gasteiger charge is -2.11. The van der Waals surface area contributed by atoms with Crippen molar-refractivity contribution in [1.29, 1.82) is 0 Å². The van der Waals surface area contributed by atoms with Crippen LogP contribution in [-0.4, -0.2) is 44.2 Å². The Labute approximate surface area is 124 Å². The first-order valence-electron chi connectivity index (χ1n) is 7.29. The van der Waals surface area contributed by atoms with E-state index in [2.05, 4.69) is 0 Å². The van der Waals surface area contributed by atoms with Crippen molar-refractivity contribution < 1.29 is 18.7 Å². The molecule has 1 fully saturated rings. The summed E-state index contributed by atoms with van der Waals surface area (Å²) in [5.74, 6) is 0.554. The second-order valence-corrected chi connectivity index (χ2v) is 5.40. The van der Waals surface area contributed by atoms with Crippen molar-refractivity contribution in [2.75, 3.05) is 33.4 Å². The minimum Gasteiger partial charge on any atom is -0.491 e. The lowest BCUT2D eigenvalue weighted by molar-refractivity contribution is -0.130. The number of likely N-dealkylation sites (tertiary alicyclic amines) is 1. The molecule has 1 aromatic carbocycles. The van der Waals surface area contributed by atoms with E-state index < -0.39 is 0 Å². The summed E-state index contributed by atoms with van der Waals surface area (Å²) in [6.07, 6.45) is 1.67. The molecule has 0 bridgehead atoms. The Bertz CT molecular complexity index is 492. The van der Waals surface area contributed by atoms with Gasteiger partial charge in [-0.3, -0.25) is 4.79 Å². The molecule has 0 N–H and O–H groups in total. The van der Waals surface area contributed by atoms with E-state index in [1.807, 2.05) is 14.0 Å². The third-order valence-corrected chi connectivity index (χ3v) is 3.78. The Morgan fingerprint density at radius 3 is 2.86 bits per heavy atom. The molecule has 1 aromatic rings. The zero-order chi connectivity index (χ0) is 15.2. The van der Waals surface area contributed by atoms with Gasteiger partial charge in [0.15, 0.2) is 0 Å². The van der Waals surface area contributed by atoms with E-state index in [1.165, 1.54) is 12.1 Å². The van der Waals surface area contributed by atoms with Crippen LogP contribution in [0.2, 0.25) is 0 Å². The number of hydrogen-bond acceptors (Lipinski definition) is 3. The molecule has 116 valence electrons. The van der Waals surface area contributed by atoms with Crippen molar-refractivity contribution in [3.05, 3.63) is 29.6 Å². The molecule has 1 unspecified atom stereocenters. The fourth-order valence-corrected chi connectivity index (χ4v) is 2.43. The Hall–Kier alpha value is -1.62. The highest BCUT2D eigenvalue weighted by Gasteiger charge is 2.28. The summed E-state index contributed by atoms with van der Waals surface area (Å²) in [5, 5.41) is 0. The van der Waals surface area contributed by atoms with Crippen LogP contribution >= 0.6 is 0 Å². The number of benzene rings is 1. The van der Waals surface area contributed by atoms with Crippen LogP contribution in [0.5, 0.6) is 5.75 Å². The molecule has 1 atom stereocenters. The van der Waals surface area contributed by atoms with Crippen molar-refractivity contribution in [3.8, 4) is 5.75 Å². The number of hydrogen-bond donors (Lipinski definition) is 0. The van der Waals surface area contributed by atoms with Crippen molar-refractivity contribution in [3.63, 3.8) is 0 Å². The van der Waals surface area contributed by atoms with Gasteiger partial charge >= 0.3 is 0 Å². The summed E-state index contributed by atoms with van der Waals surface area (Å²) in [5.41, 5.74) is 0.899. The number of ether oxygens (including phenoxy) is 2. The Balaban J connectivity index is 1.60. The van der Waals surface area contributed by atoms with Crippen molar-refractivity contribution >= 4 is 5.91 Å². The first kappa shape index (κ1) is 15.8. The SMILES string of the molecule is Cc1ccc(F)cc1OCCOCCC1CCN(C)C1=O. The summed E-state index contributed by atoms with van der Waals surface area (Å²) >= 11 is 0. The number of rotatable bonds is 7. The fourth-order valence-electron chi connectivity index (χ4n) is 2.43. The Morgan fingerprint density at radius 2 is 2.14 bits per heavy atom. The number of aryl methyl sites for hydroxylation is 1. The highest BCUT2D eigenvalue weighted by molar-refractivity contribution is 5.80. The smallest absolute Gasteiger partial charge is 0.225 e. The molecule has 4 nitrogen and oxygen atoms in total. The van der Waals surface area contributed by atoms with Gasteiger partial charge in [-0.1, -0.05) is 6.07 Å². The average Bonchev–Trinajstić information content (AvgIpc) is 2.78. The van der Waals surface area contributed by atoms with Crippen LogP contribution in [0.4, 0.5) is 4.39 Å². The van der Waals surface area contributed by atoms with Crippen molar-refractivity contribution in [1.82, 2.24) is 4.90 Å². The molecule has 1 saturated heterocycles. The van der Waals surface area contributed by atoms with Crippen LogP contribution in [0.1, 0.15) is 18.4 Å². The third kappa shape index (κ3) is 4.43. The van der Waals surface area contributed by atoms with E-state index in [-0.39, 0.29) is 17.6 Å². The molecule has 0 saturated carbocycles. The van der Waals surface area contributed by atoms with Gasteiger partial charge in [-0.15, -0.1) is 0 Å². The second-order valence-electron chi connectivity index (χ2n) is 5.40. The molecular weight excluding hydrogens is 273 g/mol. The minimum absolute atomic E-state index is 0.0985. The van der Waals surface area contributed by atoms with Gasteiger partial charge in [0.25, 0.3) is 0 Å². The summed E-state index contributed by atoms with van der Waals surface area (Å²) in [4.78, 5) is 13.5. The number of amides is 1. The first-order chi connectivity index (χ1) is 10.1. The van der Waals surface area contributed by atoms with Crippen LogP contribution in [0.15, 0.2) is 18.2 Å². The summed E-state index contributed by atoms with van der Waals surface area (Å²) in [7, 11) is 1.83. The van der Waals surface area contributed by atoms with E-state index in [1.54, 1.807) is 11.0 Å². The van der Waals surface area contributed by atoms with Gasteiger partial charge in [-0.05, 0) is 31.4 Å². The monoisotopic (exact) mass is 295 g/mol. The zero-order valence-corrected chi connectivity index (χ0v) is 12.6. The molecule has 0 spiro atoms. The zero-order valence-electron chi connectivity index (χ0n) is 12.6. The van der Waals surface area contributed by atoms with Gasteiger partial charge in [0.2, 0.25) is 5.91 Å². The molecular formula is C16H22FNO3. The van der Waals surface area contributed by atoms with E-state index in [4.69, 9.17) is 9.47 Å². The predicted octanol–water partition coefficient (Wildman–Crippen LogP) is 2.40. The molecule has 1 aliphatic heterocycles. The molecule has 0 aromatic heterocycles. The molecule has 21 heavy (non-hydrogen) atoms. The van der Waals surface area contributed by atoms with Gasteiger partial charge in [-0.25, -0.2) is 4.39 Å². The summed E-state index contributed by atoms with van der Waals surface area (Å²) in [6.45, 7) is 4.08. The van der Waals surface area contributed by atoms with Gasteiger partial charge in [0.1, 0.15) is 18.2 Å². The van der Waals surface area contributed by atoms with Crippen LogP contribution in [-0.2, 0) is 9.53 Å². The van der Waals surface area contributed by atoms with Crippen LogP contribution in [0.3, 0.4) is 0 Å². The van der Waals surface area contributed by atoms with Gasteiger partial charge in [0.05, 0.1) is 6.61 Å². The number of nitrogens with zero attached hydrogens (tertiary/aromatic N) is 1. The summed E-state index contributed by atoms with van der Waals surface area (Å²) in [6, 6.07) is 4.48. The molecule has 0 radical (unpaired) electrons. The first-order valence-corrected chi connectivity index (χ1v) is 7.29. The molecule has 0 aliphatic carbocycles. The van der Waals surface area contributed by atoms with Gasteiger partial charge < -0.3 is 14.4 Å². The molecule has 1 heterocycles. The van der Waals surface area contributed by atoms with Crippen molar-refractivity contribution in [2.45, 2.75) is 19.8 Å². The largest absolute Gasteiger partial charge is 0.491 e. The average molecular weight is 295 g/mol.